The predicted molar refractivity (Wildman–Crippen MR) is 170 cm³/mol. The lowest BCUT2D eigenvalue weighted by atomic mass is 10.0. The first-order chi connectivity index (χ1) is 20.5. The molecule has 0 bridgehead atoms. The van der Waals surface area contributed by atoms with Gasteiger partial charge in [0.25, 0.3) is 0 Å². The predicted octanol–water partition coefficient (Wildman–Crippen LogP) is 8.43. The molecule has 1 aliphatic rings. The Morgan fingerprint density at radius 2 is 1.36 bits per heavy atom. The van der Waals surface area contributed by atoms with E-state index in [2.05, 4.69) is 17.2 Å². The van der Waals surface area contributed by atoms with E-state index in [1.807, 2.05) is 0 Å². The molecule has 1 aromatic rings. The van der Waals surface area contributed by atoms with E-state index >= 15 is 0 Å². The molecule has 2 atom stereocenters. The number of ether oxygens (including phenoxy) is 2. The lowest BCUT2D eigenvalue weighted by molar-refractivity contribution is -0.127. The summed E-state index contributed by atoms with van der Waals surface area (Å²) in [6, 6.07) is 5.34. The molecule has 9 heteroatoms. The molecule has 1 aromatic heterocycles. The molecule has 0 spiro atoms. The third-order valence-corrected chi connectivity index (χ3v) is 9.08. The van der Waals surface area contributed by atoms with Gasteiger partial charge in [0, 0.05) is 30.2 Å². The van der Waals surface area contributed by atoms with Gasteiger partial charge in [-0.3, -0.25) is 9.78 Å². The summed E-state index contributed by atoms with van der Waals surface area (Å²) >= 11 is 1.63. The molecule has 3 amide bonds. The zero-order valence-corrected chi connectivity index (χ0v) is 27.0. The Morgan fingerprint density at radius 3 is 1.86 bits per heavy atom. The maximum atomic E-state index is 12.4. The fraction of sp³-hybridized carbons (Fsp3) is 0.758. The number of carbonyl (C=O) groups is 3. The molecule has 1 fully saturated rings. The first-order valence-corrected chi connectivity index (χ1v) is 17.3. The highest BCUT2D eigenvalue weighted by molar-refractivity contribution is 8.01. The van der Waals surface area contributed by atoms with E-state index in [4.69, 9.17) is 9.47 Å². The second-order valence-electron chi connectivity index (χ2n) is 11.4. The number of unbranched alkanes of at least 4 members (excludes halogenated alkanes) is 15. The third kappa shape index (κ3) is 17.0. The molecule has 8 nitrogen and oxygen atoms in total. The van der Waals surface area contributed by atoms with Crippen LogP contribution in [-0.2, 0) is 20.8 Å². The number of rotatable bonds is 23. The SMILES string of the molecule is CCCCCCCCCCCCCCCCCCNC(=O)OC[C@@H]1C[C@H](COC(=O)N(Cc2ccccn2)C(C)=O)S1. The quantitative estimate of drug-likeness (QED) is 0.125. The molecule has 0 aromatic carbocycles. The van der Waals surface area contributed by atoms with Crippen molar-refractivity contribution in [3.63, 3.8) is 0 Å². The summed E-state index contributed by atoms with van der Waals surface area (Å²) in [6.07, 6.45) is 22.7. The molecule has 42 heavy (non-hydrogen) atoms. The molecule has 1 aliphatic heterocycles. The van der Waals surface area contributed by atoms with Crippen LogP contribution in [0.2, 0.25) is 0 Å². The lowest BCUT2D eigenvalue weighted by Gasteiger charge is -2.34. The first-order valence-electron chi connectivity index (χ1n) is 16.4. The molecular formula is C33H55N3O5S. The molecule has 0 radical (unpaired) electrons. The van der Waals surface area contributed by atoms with Gasteiger partial charge in [-0.25, -0.2) is 14.5 Å². The van der Waals surface area contributed by atoms with Gasteiger partial charge in [0.1, 0.15) is 13.2 Å². The summed E-state index contributed by atoms with van der Waals surface area (Å²) in [5.74, 6) is -0.385. The molecule has 0 saturated carbocycles. The van der Waals surface area contributed by atoms with Crippen molar-refractivity contribution < 1.29 is 23.9 Å². The second-order valence-corrected chi connectivity index (χ2v) is 13.1. The largest absolute Gasteiger partial charge is 0.448 e. The van der Waals surface area contributed by atoms with Gasteiger partial charge in [-0.15, -0.1) is 11.8 Å². The van der Waals surface area contributed by atoms with Crippen molar-refractivity contribution in [1.82, 2.24) is 15.2 Å². The maximum Gasteiger partial charge on any atom is 0.416 e. The van der Waals surface area contributed by atoms with Crippen molar-refractivity contribution in [2.45, 2.75) is 140 Å². The number of nitrogens with one attached hydrogen (secondary N) is 1. The minimum Gasteiger partial charge on any atom is -0.448 e. The van der Waals surface area contributed by atoms with Crippen molar-refractivity contribution in [3.8, 4) is 0 Å². The Hall–Kier alpha value is -2.29. The van der Waals surface area contributed by atoms with Gasteiger partial charge in [0.2, 0.25) is 5.91 Å². The average Bonchev–Trinajstić information content (AvgIpc) is 2.96. The molecule has 238 valence electrons. The summed E-state index contributed by atoms with van der Waals surface area (Å²) in [4.78, 5) is 41.5. The Bertz CT molecular complexity index is 867. The van der Waals surface area contributed by atoms with Gasteiger partial charge in [0.15, 0.2) is 0 Å². The fourth-order valence-corrected chi connectivity index (χ4v) is 6.22. The minimum absolute atomic E-state index is 0.0812. The van der Waals surface area contributed by atoms with E-state index in [0.29, 0.717) is 18.8 Å². The number of carbonyl (C=O) groups excluding carboxylic acids is 3. The number of thioether (sulfide) groups is 1. The van der Waals surface area contributed by atoms with Crippen LogP contribution < -0.4 is 5.32 Å². The van der Waals surface area contributed by atoms with Crippen molar-refractivity contribution in [1.29, 1.82) is 0 Å². The number of nitrogens with zero attached hydrogens (tertiary/aromatic N) is 2. The Kier molecular flexibility index (Phi) is 19.8. The maximum absolute atomic E-state index is 12.4. The van der Waals surface area contributed by atoms with Crippen LogP contribution in [0.1, 0.15) is 129 Å². The molecule has 0 unspecified atom stereocenters. The van der Waals surface area contributed by atoms with E-state index in [1.54, 1.807) is 36.2 Å². The zero-order chi connectivity index (χ0) is 30.3. The number of amides is 3. The van der Waals surface area contributed by atoms with Crippen molar-refractivity contribution in [2.75, 3.05) is 19.8 Å². The van der Waals surface area contributed by atoms with E-state index < -0.39 is 6.09 Å². The van der Waals surface area contributed by atoms with E-state index in [-0.39, 0.29) is 35.7 Å². The normalized spacial score (nSPS) is 16.0. The topological polar surface area (TPSA) is 97.8 Å². The van der Waals surface area contributed by atoms with Crippen LogP contribution in [0.3, 0.4) is 0 Å². The van der Waals surface area contributed by atoms with Crippen LogP contribution in [0, 0.1) is 0 Å². The molecule has 2 rings (SSSR count). The van der Waals surface area contributed by atoms with Gasteiger partial charge in [-0.2, -0.15) is 0 Å². The molecular weight excluding hydrogens is 550 g/mol. The van der Waals surface area contributed by atoms with Crippen LogP contribution in [0.5, 0.6) is 0 Å². The second kappa shape index (κ2) is 23.2. The minimum atomic E-state index is -0.665. The molecule has 1 saturated heterocycles. The molecule has 2 heterocycles. The zero-order valence-electron chi connectivity index (χ0n) is 26.2. The highest BCUT2D eigenvalue weighted by atomic mass is 32.2. The number of imide groups is 1. The summed E-state index contributed by atoms with van der Waals surface area (Å²) < 4.78 is 10.7. The third-order valence-electron chi connectivity index (χ3n) is 7.65. The molecule has 1 N–H and O–H groups in total. The van der Waals surface area contributed by atoms with Gasteiger partial charge < -0.3 is 14.8 Å². The van der Waals surface area contributed by atoms with Gasteiger partial charge in [0.05, 0.1) is 12.2 Å². The number of hydrogen-bond donors (Lipinski definition) is 1. The average molecular weight is 606 g/mol. The van der Waals surface area contributed by atoms with Crippen LogP contribution >= 0.6 is 11.8 Å². The van der Waals surface area contributed by atoms with E-state index in [1.165, 1.54) is 96.8 Å². The van der Waals surface area contributed by atoms with Crippen LogP contribution in [-0.4, -0.2) is 58.2 Å². The van der Waals surface area contributed by atoms with Crippen molar-refractivity contribution >= 4 is 29.9 Å². The standard InChI is InChI=1S/C33H55N3O5S/c1-3-4-5-6-7-8-9-10-11-12-13-14-15-16-17-19-23-35-32(38)40-26-30-24-31(42-30)27-41-33(39)36(28(2)37)25-29-21-18-20-22-34-29/h18,20-22,30-31H,3-17,19,23-27H2,1-2H3,(H,35,38)/t30-,31+/m0/s1. The van der Waals surface area contributed by atoms with Gasteiger partial charge in [-0.05, 0) is 25.0 Å². The van der Waals surface area contributed by atoms with Crippen molar-refractivity contribution in [3.05, 3.63) is 30.1 Å². The van der Waals surface area contributed by atoms with Gasteiger partial charge in [-0.1, -0.05) is 109 Å². The lowest BCUT2D eigenvalue weighted by Crippen LogP contribution is -2.40. The fourth-order valence-electron chi connectivity index (χ4n) is 5.05. The summed E-state index contributed by atoms with van der Waals surface area (Å²) in [6.45, 7) is 4.91. The van der Waals surface area contributed by atoms with Crippen LogP contribution in [0.4, 0.5) is 9.59 Å². The summed E-state index contributed by atoms with van der Waals surface area (Å²) in [5, 5.41) is 3.19. The monoisotopic (exact) mass is 605 g/mol. The van der Waals surface area contributed by atoms with Crippen LogP contribution in [0.15, 0.2) is 24.4 Å². The summed E-state index contributed by atoms with van der Waals surface area (Å²) in [5.41, 5.74) is 0.618. The molecule has 0 aliphatic carbocycles. The highest BCUT2D eigenvalue weighted by Crippen LogP contribution is 2.37. The Morgan fingerprint density at radius 1 is 0.833 bits per heavy atom. The Balaban J connectivity index is 1.35. The highest BCUT2D eigenvalue weighted by Gasteiger charge is 2.33. The number of hydrogen-bond acceptors (Lipinski definition) is 7. The number of alkyl carbamates (subject to hydrolysis) is 1. The Labute approximate surface area is 258 Å². The smallest absolute Gasteiger partial charge is 0.416 e. The first kappa shape index (κ1) is 35.9. The van der Waals surface area contributed by atoms with E-state index in [9.17, 15) is 14.4 Å². The van der Waals surface area contributed by atoms with Crippen molar-refractivity contribution in [2.24, 2.45) is 0 Å². The van der Waals surface area contributed by atoms with Crippen LogP contribution in [0.25, 0.3) is 0 Å². The number of aromatic nitrogens is 1. The summed E-state index contributed by atoms with van der Waals surface area (Å²) in [7, 11) is 0. The number of pyridine rings is 1. The van der Waals surface area contributed by atoms with Gasteiger partial charge >= 0.3 is 12.2 Å². The van der Waals surface area contributed by atoms with E-state index in [0.717, 1.165) is 24.2 Å².